The van der Waals surface area contributed by atoms with Crippen molar-refractivity contribution in [2.24, 2.45) is 0 Å². The van der Waals surface area contributed by atoms with Crippen LogP contribution in [0.3, 0.4) is 0 Å². The average molecular weight is 485 g/mol. The first-order valence-electron chi connectivity index (χ1n) is 11.3. The van der Waals surface area contributed by atoms with Crippen molar-refractivity contribution in [2.75, 3.05) is 51.3 Å². The van der Waals surface area contributed by atoms with E-state index in [0.29, 0.717) is 28.6 Å². The maximum absolute atomic E-state index is 13.0. The molecule has 1 saturated heterocycles. The van der Waals surface area contributed by atoms with Crippen molar-refractivity contribution in [3.63, 3.8) is 0 Å². The van der Waals surface area contributed by atoms with Crippen LogP contribution in [0, 0.1) is 0 Å². The fourth-order valence-electron chi connectivity index (χ4n) is 4.30. The number of carbonyl (C=O) groups is 2. The maximum atomic E-state index is 13.0. The molecule has 1 fully saturated rings. The number of nitrogens with one attached hydrogen (secondary N) is 2. The number of rotatable bonds is 7. The summed E-state index contributed by atoms with van der Waals surface area (Å²) in [6.07, 6.45) is 0. The Morgan fingerprint density at radius 3 is 2.53 bits per heavy atom. The molecule has 0 spiro atoms. The molecule has 2 aliphatic rings. The van der Waals surface area contributed by atoms with Crippen LogP contribution in [0.1, 0.15) is 18.5 Å². The van der Waals surface area contributed by atoms with Gasteiger partial charge in [-0.15, -0.1) is 0 Å². The van der Waals surface area contributed by atoms with Crippen LogP contribution in [0.15, 0.2) is 59.8 Å². The third kappa shape index (κ3) is 5.46. The van der Waals surface area contributed by atoms with Gasteiger partial charge in [0.15, 0.2) is 0 Å². The molecule has 0 aliphatic carbocycles. The van der Waals surface area contributed by atoms with Gasteiger partial charge >= 0.3 is 12.0 Å². The van der Waals surface area contributed by atoms with Crippen LogP contribution in [0.5, 0.6) is 5.75 Å². The summed E-state index contributed by atoms with van der Waals surface area (Å²) >= 11 is 6.01. The minimum Gasteiger partial charge on any atom is -0.497 e. The molecular weight excluding hydrogens is 456 g/mol. The number of urea groups is 1. The minimum absolute atomic E-state index is 0.244. The van der Waals surface area contributed by atoms with Gasteiger partial charge < -0.3 is 25.0 Å². The third-order valence-electron chi connectivity index (χ3n) is 6.02. The normalized spacial score (nSPS) is 18.9. The first-order chi connectivity index (χ1) is 16.5. The van der Waals surface area contributed by atoms with Gasteiger partial charge in [-0.3, -0.25) is 4.90 Å². The van der Waals surface area contributed by atoms with E-state index < -0.39 is 12.0 Å². The van der Waals surface area contributed by atoms with Crippen LogP contribution in [-0.4, -0.2) is 63.3 Å². The Balaban J connectivity index is 1.56. The van der Waals surface area contributed by atoms with Gasteiger partial charge in [0.25, 0.3) is 0 Å². The van der Waals surface area contributed by atoms with Crippen LogP contribution < -0.4 is 20.3 Å². The van der Waals surface area contributed by atoms with Crippen molar-refractivity contribution in [3.05, 3.63) is 70.4 Å². The number of ether oxygens (including phenoxy) is 2. The minimum atomic E-state index is -0.631. The molecule has 0 radical (unpaired) electrons. The van der Waals surface area contributed by atoms with Gasteiger partial charge in [-0.25, -0.2) is 9.59 Å². The van der Waals surface area contributed by atoms with E-state index in [4.69, 9.17) is 21.1 Å². The Labute approximate surface area is 204 Å². The van der Waals surface area contributed by atoms with Crippen molar-refractivity contribution >= 4 is 29.3 Å². The van der Waals surface area contributed by atoms with Gasteiger partial charge in [0.2, 0.25) is 0 Å². The molecule has 9 heteroatoms. The average Bonchev–Trinajstić information content (AvgIpc) is 2.85. The summed E-state index contributed by atoms with van der Waals surface area (Å²) in [7, 11) is 1.58. The van der Waals surface area contributed by atoms with E-state index in [1.807, 2.05) is 48.5 Å². The molecular formula is C25H29ClN4O4. The largest absolute Gasteiger partial charge is 0.497 e. The first-order valence-corrected chi connectivity index (χ1v) is 11.7. The summed E-state index contributed by atoms with van der Waals surface area (Å²) in [5.41, 5.74) is 2.86. The van der Waals surface area contributed by atoms with E-state index >= 15 is 0 Å². The smallest absolute Gasteiger partial charge is 0.338 e. The molecule has 0 unspecified atom stereocenters. The lowest BCUT2D eigenvalue weighted by molar-refractivity contribution is -0.139. The van der Waals surface area contributed by atoms with Crippen LogP contribution >= 0.6 is 11.6 Å². The molecule has 8 nitrogen and oxygen atoms in total. The summed E-state index contributed by atoms with van der Waals surface area (Å²) in [5.74, 6) is 0.200. The van der Waals surface area contributed by atoms with Gasteiger partial charge in [-0.1, -0.05) is 23.7 Å². The number of nitrogens with zero attached hydrogens (tertiary/aromatic N) is 2. The summed E-state index contributed by atoms with van der Waals surface area (Å²) < 4.78 is 10.7. The third-order valence-corrected chi connectivity index (χ3v) is 6.27. The second-order valence-electron chi connectivity index (χ2n) is 8.16. The lowest BCUT2D eigenvalue weighted by atomic mass is 9.94. The molecule has 0 aromatic heterocycles. The molecule has 4 rings (SSSR count). The molecule has 2 N–H and O–H groups in total. The molecule has 34 heavy (non-hydrogen) atoms. The highest BCUT2D eigenvalue weighted by Crippen LogP contribution is 2.30. The fourth-order valence-corrected chi connectivity index (χ4v) is 4.43. The second kappa shape index (κ2) is 10.8. The van der Waals surface area contributed by atoms with E-state index in [-0.39, 0.29) is 12.6 Å². The molecule has 2 amide bonds. The molecule has 0 saturated carbocycles. The van der Waals surface area contributed by atoms with E-state index in [9.17, 15) is 9.59 Å². The Hall–Kier alpha value is -3.23. The molecule has 2 aromatic rings. The van der Waals surface area contributed by atoms with E-state index in [1.54, 1.807) is 14.0 Å². The number of hydrogen-bond donors (Lipinski definition) is 2. The predicted octanol–water partition coefficient (Wildman–Crippen LogP) is 3.34. The standard InChI is InChI=1S/C25H29ClN4O4/c1-3-34-24(31)22-21(27-25(32)28-23(22)17-5-4-6-20(15-17)33-2)16-29-11-13-30(14-12-29)19-9-7-18(26)8-10-19/h4-10,15,23H,3,11-14,16H2,1-2H3,(H2,27,28,32)/t23-/m0/s1. The van der Waals surface area contributed by atoms with Crippen molar-refractivity contribution in [3.8, 4) is 5.75 Å². The van der Waals surface area contributed by atoms with Crippen LogP contribution in [0.25, 0.3) is 0 Å². The zero-order valence-corrected chi connectivity index (χ0v) is 20.1. The Kier molecular flexibility index (Phi) is 7.59. The lowest BCUT2D eigenvalue weighted by Crippen LogP contribution is -2.51. The number of anilines is 1. The summed E-state index contributed by atoms with van der Waals surface area (Å²) in [4.78, 5) is 30.1. The van der Waals surface area contributed by atoms with Gasteiger partial charge in [-0.2, -0.15) is 0 Å². The number of halogens is 1. The van der Waals surface area contributed by atoms with E-state index in [2.05, 4.69) is 20.4 Å². The SMILES string of the molecule is CCOC(=O)C1=C(CN2CCN(c3ccc(Cl)cc3)CC2)NC(=O)N[C@H]1c1cccc(OC)c1. The Bertz CT molecular complexity index is 1060. The highest BCUT2D eigenvalue weighted by Gasteiger charge is 2.35. The van der Waals surface area contributed by atoms with Crippen molar-refractivity contribution in [1.82, 2.24) is 15.5 Å². The molecule has 2 aromatic carbocycles. The van der Waals surface area contributed by atoms with Gasteiger partial charge in [0, 0.05) is 49.1 Å². The molecule has 180 valence electrons. The van der Waals surface area contributed by atoms with Crippen molar-refractivity contribution in [2.45, 2.75) is 13.0 Å². The fraction of sp³-hybridized carbons (Fsp3) is 0.360. The van der Waals surface area contributed by atoms with Gasteiger partial charge in [0.05, 0.1) is 25.3 Å². The lowest BCUT2D eigenvalue weighted by Gasteiger charge is -2.38. The monoisotopic (exact) mass is 484 g/mol. The zero-order valence-electron chi connectivity index (χ0n) is 19.3. The van der Waals surface area contributed by atoms with Crippen LogP contribution in [-0.2, 0) is 9.53 Å². The van der Waals surface area contributed by atoms with E-state index in [1.165, 1.54) is 0 Å². The maximum Gasteiger partial charge on any atom is 0.338 e. The number of amides is 2. The molecule has 2 aliphatic heterocycles. The number of carbonyl (C=O) groups excluding carboxylic acids is 2. The number of hydrogen-bond acceptors (Lipinski definition) is 6. The number of methoxy groups -OCH3 is 1. The second-order valence-corrected chi connectivity index (χ2v) is 8.60. The van der Waals surface area contributed by atoms with Crippen molar-refractivity contribution in [1.29, 1.82) is 0 Å². The van der Waals surface area contributed by atoms with Gasteiger partial charge in [0.1, 0.15) is 5.75 Å². The van der Waals surface area contributed by atoms with Crippen molar-refractivity contribution < 1.29 is 19.1 Å². The van der Waals surface area contributed by atoms with E-state index in [0.717, 1.165) is 37.4 Å². The summed E-state index contributed by atoms with van der Waals surface area (Å²) in [6, 6.07) is 14.2. The summed E-state index contributed by atoms with van der Waals surface area (Å²) in [6.45, 7) is 5.68. The Morgan fingerprint density at radius 2 is 1.85 bits per heavy atom. The topological polar surface area (TPSA) is 83.1 Å². The van der Waals surface area contributed by atoms with Gasteiger partial charge in [-0.05, 0) is 48.9 Å². The Morgan fingerprint density at radius 1 is 1.12 bits per heavy atom. The number of piperazine rings is 1. The number of esters is 1. The zero-order chi connectivity index (χ0) is 24.1. The van der Waals surface area contributed by atoms with Crippen LogP contribution in [0.2, 0.25) is 5.02 Å². The molecule has 2 heterocycles. The summed E-state index contributed by atoms with van der Waals surface area (Å²) in [5, 5.41) is 6.45. The van der Waals surface area contributed by atoms with Crippen LogP contribution in [0.4, 0.5) is 10.5 Å². The highest BCUT2D eigenvalue weighted by molar-refractivity contribution is 6.30. The highest BCUT2D eigenvalue weighted by atomic mass is 35.5. The first kappa shape index (κ1) is 23.9. The number of benzene rings is 2. The quantitative estimate of drug-likeness (QED) is 0.586. The molecule has 1 atom stereocenters. The molecule has 0 bridgehead atoms. The predicted molar refractivity (Wildman–Crippen MR) is 131 cm³/mol.